The number of rotatable bonds is 3. The molecule has 0 bridgehead atoms. The summed E-state index contributed by atoms with van der Waals surface area (Å²) in [7, 11) is 0. The molecular weight excluding hydrogens is 176 g/mol. The number of nitrogens with zero attached hydrogens (tertiary/aromatic N) is 2. The summed E-state index contributed by atoms with van der Waals surface area (Å²) in [5, 5.41) is 0. The molecule has 81 valence electrons. The zero-order valence-corrected chi connectivity index (χ0v) is 8.95. The number of hydrogen-bond acceptors (Lipinski definition) is 3. The Bertz CT molecular complexity index is 133. The van der Waals surface area contributed by atoms with E-state index >= 15 is 0 Å². The average Bonchev–Trinajstić information content (AvgIpc) is 2.29. The summed E-state index contributed by atoms with van der Waals surface area (Å²) in [5.74, 6) is 0. The Morgan fingerprint density at radius 2 is 1.64 bits per heavy atom. The lowest BCUT2D eigenvalue weighted by Crippen LogP contribution is -2.40. The van der Waals surface area contributed by atoms with E-state index in [1.807, 2.05) is 0 Å². The van der Waals surface area contributed by atoms with Gasteiger partial charge >= 0.3 is 0 Å². The van der Waals surface area contributed by atoms with Gasteiger partial charge in [-0.05, 0) is 25.9 Å². The van der Waals surface area contributed by atoms with Crippen molar-refractivity contribution in [3.05, 3.63) is 6.54 Å². The van der Waals surface area contributed by atoms with Gasteiger partial charge in [0, 0.05) is 26.2 Å². The maximum atomic E-state index is 5.32. The number of morpholine rings is 1. The second-order valence-corrected chi connectivity index (χ2v) is 4.19. The van der Waals surface area contributed by atoms with E-state index < -0.39 is 0 Å². The van der Waals surface area contributed by atoms with Crippen molar-refractivity contribution in [3.63, 3.8) is 0 Å². The summed E-state index contributed by atoms with van der Waals surface area (Å²) >= 11 is 0. The van der Waals surface area contributed by atoms with Crippen molar-refractivity contribution in [2.45, 2.75) is 19.3 Å². The third-order valence-corrected chi connectivity index (χ3v) is 3.09. The second-order valence-electron chi connectivity index (χ2n) is 4.19. The van der Waals surface area contributed by atoms with Gasteiger partial charge in [-0.1, -0.05) is 6.42 Å². The molecule has 0 spiro atoms. The summed E-state index contributed by atoms with van der Waals surface area (Å²) < 4.78 is 5.32. The van der Waals surface area contributed by atoms with Gasteiger partial charge in [0.05, 0.1) is 13.2 Å². The first-order chi connectivity index (χ1) is 6.95. The van der Waals surface area contributed by atoms with Gasteiger partial charge in [0.1, 0.15) is 0 Å². The minimum atomic E-state index is 0.911. The molecule has 1 radical (unpaired) electrons. The molecule has 2 rings (SSSR count). The van der Waals surface area contributed by atoms with Gasteiger partial charge in [-0.2, -0.15) is 0 Å². The molecule has 0 saturated carbocycles. The molecule has 2 saturated heterocycles. The highest BCUT2D eigenvalue weighted by Crippen LogP contribution is 2.10. The SMILES string of the molecule is [CH](CN1CCOCC1)N1CCCCC1. The maximum absolute atomic E-state index is 5.32. The van der Waals surface area contributed by atoms with E-state index in [1.54, 1.807) is 0 Å². The van der Waals surface area contributed by atoms with Crippen LogP contribution in [-0.4, -0.2) is 55.7 Å². The third-order valence-electron chi connectivity index (χ3n) is 3.09. The van der Waals surface area contributed by atoms with Crippen molar-refractivity contribution < 1.29 is 4.74 Å². The van der Waals surface area contributed by atoms with E-state index in [9.17, 15) is 0 Å². The van der Waals surface area contributed by atoms with Crippen molar-refractivity contribution in [1.29, 1.82) is 0 Å². The molecule has 2 heterocycles. The van der Waals surface area contributed by atoms with Crippen LogP contribution in [-0.2, 0) is 4.74 Å². The third kappa shape index (κ3) is 3.23. The first-order valence-electron chi connectivity index (χ1n) is 5.82. The van der Waals surface area contributed by atoms with Gasteiger partial charge in [-0.15, -0.1) is 0 Å². The van der Waals surface area contributed by atoms with Gasteiger partial charge in [-0.3, -0.25) is 9.80 Å². The Labute approximate surface area is 87.0 Å². The van der Waals surface area contributed by atoms with Crippen LogP contribution < -0.4 is 0 Å². The molecule has 0 aliphatic carbocycles. The highest BCUT2D eigenvalue weighted by molar-refractivity contribution is 4.77. The molecule has 0 unspecified atom stereocenters. The minimum absolute atomic E-state index is 0.911. The van der Waals surface area contributed by atoms with Crippen LogP contribution >= 0.6 is 0 Å². The molecule has 2 aliphatic rings. The van der Waals surface area contributed by atoms with Crippen LogP contribution in [0.25, 0.3) is 0 Å². The molecule has 0 atom stereocenters. The predicted molar refractivity (Wildman–Crippen MR) is 57.0 cm³/mol. The zero-order chi connectivity index (χ0) is 9.64. The lowest BCUT2D eigenvalue weighted by molar-refractivity contribution is 0.0378. The second kappa shape index (κ2) is 5.69. The van der Waals surface area contributed by atoms with E-state index in [0.29, 0.717) is 0 Å². The van der Waals surface area contributed by atoms with Crippen molar-refractivity contribution in [2.75, 3.05) is 45.9 Å². The van der Waals surface area contributed by atoms with Crippen LogP contribution in [0.15, 0.2) is 0 Å². The molecule has 0 aromatic carbocycles. The molecular formula is C11H21N2O. The van der Waals surface area contributed by atoms with E-state index in [1.165, 1.54) is 32.4 Å². The smallest absolute Gasteiger partial charge is 0.0594 e. The monoisotopic (exact) mass is 197 g/mol. The van der Waals surface area contributed by atoms with Crippen molar-refractivity contribution in [2.24, 2.45) is 0 Å². The highest BCUT2D eigenvalue weighted by atomic mass is 16.5. The van der Waals surface area contributed by atoms with E-state index in [-0.39, 0.29) is 0 Å². The number of ether oxygens (including phenoxy) is 1. The first kappa shape index (κ1) is 10.4. The Hall–Kier alpha value is -0.120. The Morgan fingerprint density at radius 1 is 0.929 bits per heavy atom. The molecule has 0 amide bonds. The van der Waals surface area contributed by atoms with Crippen LogP contribution in [0.4, 0.5) is 0 Å². The molecule has 3 nitrogen and oxygen atoms in total. The fourth-order valence-electron chi connectivity index (χ4n) is 2.12. The van der Waals surface area contributed by atoms with Crippen LogP contribution in [0.1, 0.15) is 19.3 Å². The van der Waals surface area contributed by atoms with Crippen molar-refractivity contribution >= 4 is 0 Å². The summed E-state index contributed by atoms with van der Waals surface area (Å²) in [5.41, 5.74) is 0. The standard InChI is InChI=1S/C11H21N2O/c1-2-4-12(5-3-1)6-7-13-8-10-14-11-9-13/h6H,1-5,7-11H2. The number of likely N-dealkylation sites (tertiary alicyclic amines) is 1. The van der Waals surface area contributed by atoms with Crippen LogP contribution in [0.3, 0.4) is 0 Å². The van der Waals surface area contributed by atoms with Crippen LogP contribution in [0, 0.1) is 6.54 Å². The van der Waals surface area contributed by atoms with Gasteiger partial charge in [0.2, 0.25) is 0 Å². The molecule has 2 aliphatic heterocycles. The van der Waals surface area contributed by atoms with Gasteiger partial charge in [0.25, 0.3) is 0 Å². The largest absolute Gasteiger partial charge is 0.379 e. The lowest BCUT2D eigenvalue weighted by Gasteiger charge is -2.31. The van der Waals surface area contributed by atoms with Crippen molar-refractivity contribution in [1.82, 2.24) is 9.80 Å². The fraction of sp³-hybridized carbons (Fsp3) is 0.909. The van der Waals surface area contributed by atoms with Crippen LogP contribution in [0.2, 0.25) is 0 Å². The van der Waals surface area contributed by atoms with Gasteiger partial charge in [-0.25, -0.2) is 0 Å². The normalized spacial score (nSPS) is 26.6. The van der Waals surface area contributed by atoms with Gasteiger partial charge in [0.15, 0.2) is 0 Å². The molecule has 0 aromatic rings. The quantitative estimate of drug-likeness (QED) is 0.670. The Kier molecular flexibility index (Phi) is 4.22. The average molecular weight is 197 g/mol. The topological polar surface area (TPSA) is 15.7 Å². The molecule has 3 heteroatoms. The van der Waals surface area contributed by atoms with Gasteiger partial charge < -0.3 is 4.74 Å². The van der Waals surface area contributed by atoms with Crippen LogP contribution in [0.5, 0.6) is 0 Å². The first-order valence-corrected chi connectivity index (χ1v) is 5.82. The number of hydrogen-bond donors (Lipinski definition) is 0. The van der Waals surface area contributed by atoms with Crippen molar-refractivity contribution in [3.8, 4) is 0 Å². The predicted octanol–water partition coefficient (Wildman–Crippen LogP) is 0.966. The Morgan fingerprint density at radius 3 is 2.36 bits per heavy atom. The Balaban J connectivity index is 1.60. The summed E-state index contributed by atoms with van der Waals surface area (Å²) in [4.78, 5) is 4.96. The molecule has 2 fully saturated rings. The summed E-state index contributed by atoms with van der Waals surface area (Å²) in [6.07, 6.45) is 4.17. The lowest BCUT2D eigenvalue weighted by atomic mass is 10.1. The molecule has 0 aromatic heterocycles. The van der Waals surface area contributed by atoms with E-state index in [0.717, 1.165) is 32.8 Å². The maximum Gasteiger partial charge on any atom is 0.0594 e. The fourth-order valence-corrected chi connectivity index (χ4v) is 2.12. The number of piperidine rings is 1. The van der Waals surface area contributed by atoms with E-state index in [2.05, 4.69) is 16.3 Å². The molecule has 14 heavy (non-hydrogen) atoms. The zero-order valence-electron chi connectivity index (χ0n) is 8.95. The summed E-state index contributed by atoms with van der Waals surface area (Å²) in [6.45, 7) is 10.1. The van der Waals surface area contributed by atoms with E-state index in [4.69, 9.17) is 4.74 Å². The minimum Gasteiger partial charge on any atom is -0.379 e. The molecule has 0 N–H and O–H groups in total. The highest BCUT2D eigenvalue weighted by Gasteiger charge is 2.14. The summed E-state index contributed by atoms with van der Waals surface area (Å²) in [6, 6.07) is 0.